The van der Waals surface area contributed by atoms with Gasteiger partial charge in [0.1, 0.15) is 17.3 Å². The van der Waals surface area contributed by atoms with Crippen LogP contribution < -0.4 is 4.74 Å². The largest absolute Gasteiger partial charge is 0.457 e. The summed E-state index contributed by atoms with van der Waals surface area (Å²) in [5.74, 6) is 3.29. The van der Waals surface area contributed by atoms with Crippen LogP contribution in [0.3, 0.4) is 0 Å². The summed E-state index contributed by atoms with van der Waals surface area (Å²) in [4.78, 5) is 7.95. The van der Waals surface area contributed by atoms with Gasteiger partial charge in [-0.3, -0.25) is 0 Å². The Bertz CT molecular complexity index is 701. The van der Waals surface area contributed by atoms with Gasteiger partial charge in [0.15, 0.2) is 0 Å². The van der Waals surface area contributed by atoms with E-state index >= 15 is 0 Å². The molecule has 102 valence electrons. The first kappa shape index (κ1) is 12.7. The van der Waals surface area contributed by atoms with Crippen molar-refractivity contribution in [3.63, 3.8) is 0 Å². The molecule has 0 saturated carbocycles. The van der Waals surface area contributed by atoms with Crippen molar-refractivity contribution in [2.75, 3.05) is 0 Å². The van der Waals surface area contributed by atoms with Gasteiger partial charge in [0.2, 0.25) is 0 Å². The lowest BCUT2D eigenvalue weighted by Gasteiger charge is -2.04. The van der Waals surface area contributed by atoms with Crippen molar-refractivity contribution in [3.8, 4) is 11.5 Å². The summed E-state index contributed by atoms with van der Waals surface area (Å²) in [5, 5.41) is 0. The maximum Gasteiger partial charge on any atom is 0.129 e. The summed E-state index contributed by atoms with van der Waals surface area (Å²) in [6.45, 7) is 4.38. The highest BCUT2D eigenvalue weighted by Crippen LogP contribution is 2.24. The predicted octanol–water partition coefficient (Wildman–Crippen LogP) is 4.55. The predicted molar refractivity (Wildman–Crippen MR) is 81.2 cm³/mol. The molecule has 1 N–H and O–H groups in total. The van der Waals surface area contributed by atoms with Gasteiger partial charge < -0.3 is 9.72 Å². The Morgan fingerprint density at radius 3 is 2.60 bits per heavy atom. The third-order valence-electron chi connectivity index (χ3n) is 3.08. The Morgan fingerprint density at radius 1 is 1.05 bits per heavy atom. The van der Waals surface area contributed by atoms with Crippen LogP contribution in [0.4, 0.5) is 0 Å². The molecule has 3 rings (SSSR count). The van der Waals surface area contributed by atoms with E-state index in [1.165, 1.54) is 0 Å². The molecule has 0 aliphatic rings. The molecule has 0 atom stereocenters. The molecule has 0 fully saturated rings. The van der Waals surface area contributed by atoms with Crippen molar-refractivity contribution < 1.29 is 4.74 Å². The highest BCUT2D eigenvalue weighted by molar-refractivity contribution is 5.76. The fourth-order valence-corrected chi connectivity index (χ4v) is 2.21. The monoisotopic (exact) mass is 266 g/mol. The van der Waals surface area contributed by atoms with E-state index in [9.17, 15) is 0 Å². The van der Waals surface area contributed by atoms with Crippen LogP contribution in [0.25, 0.3) is 11.0 Å². The average molecular weight is 266 g/mol. The molecule has 0 aliphatic carbocycles. The molecule has 0 spiro atoms. The lowest BCUT2D eigenvalue weighted by molar-refractivity contribution is 0.483. The van der Waals surface area contributed by atoms with E-state index in [0.717, 1.165) is 34.8 Å². The molecule has 0 amide bonds. The SMILES string of the molecule is CC(C)Cc1nc2ccc(Oc3ccccc3)cc2[nH]1. The van der Waals surface area contributed by atoms with Crippen molar-refractivity contribution in [2.45, 2.75) is 20.3 Å². The van der Waals surface area contributed by atoms with Gasteiger partial charge in [-0.15, -0.1) is 0 Å². The van der Waals surface area contributed by atoms with Crippen LogP contribution in [0.1, 0.15) is 19.7 Å². The van der Waals surface area contributed by atoms with Crippen LogP contribution in [-0.2, 0) is 6.42 Å². The van der Waals surface area contributed by atoms with Crippen molar-refractivity contribution in [3.05, 3.63) is 54.4 Å². The van der Waals surface area contributed by atoms with Crippen LogP contribution in [0.2, 0.25) is 0 Å². The number of aromatic nitrogens is 2. The molecule has 3 aromatic rings. The number of para-hydroxylation sites is 1. The summed E-state index contributed by atoms with van der Waals surface area (Å²) >= 11 is 0. The Labute approximate surface area is 118 Å². The number of hydrogen-bond donors (Lipinski definition) is 1. The summed E-state index contributed by atoms with van der Waals surface area (Å²) in [7, 11) is 0. The normalized spacial score (nSPS) is 11.2. The van der Waals surface area contributed by atoms with Gasteiger partial charge in [-0.1, -0.05) is 32.0 Å². The number of hydrogen-bond acceptors (Lipinski definition) is 2. The van der Waals surface area contributed by atoms with Crippen LogP contribution in [0.15, 0.2) is 48.5 Å². The van der Waals surface area contributed by atoms with Crippen LogP contribution >= 0.6 is 0 Å². The zero-order valence-electron chi connectivity index (χ0n) is 11.8. The molecule has 0 radical (unpaired) electrons. The van der Waals surface area contributed by atoms with Crippen LogP contribution in [0.5, 0.6) is 11.5 Å². The Hall–Kier alpha value is -2.29. The third-order valence-corrected chi connectivity index (χ3v) is 3.08. The first-order chi connectivity index (χ1) is 9.70. The van der Waals surface area contributed by atoms with Gasteiger partial charge in [0.25, 0.3) is 0 Å². The van der Waals surface area contributed by atoms with Gasteiger partial charge in [0.05, 0.1) is 11.0 Å². The van der Waals surface area contributed by atoms with Gasteiger partial charge in [-0.25, -0.2) is 4.98 Å². The minimum atomic E-state index is 0.593. The van der Waals surface area contributed by atoms with E-state index in [0.29, 0.717) is 5.92 Å². The number of nitrogens with zero attached hydrogens (tertiary/aromatic N) is 1. The Kier molecular flexibility index (Phi) is 3.42. The van der Waals surface area contributed by atoms with Gasteiger partial charge >= 0.3 is 0 Å². The van der Waals surface area contributed by atoms with Crippen LogP contribution in [-0.4, -0.2) is 9.97 Å². The van der Waals surface area contributed by atoms with E-state index in [1.54, 1.807) is 0 Å². The summed E-state index contributed by atoms with van der Waals surface area (Å²) in [5.41, 5.74) is 2.01. The molecule has 0 aliphatic heterocycles. The number of nitrogens with one attached hydrogen (secondary N) is 1. The Balaban J connectivity index is 1.86. The minimum Gasteiger partial charge on any atom is -0.457 e. The topological polar surface area (TPSA) is 37.9 Å². The van der Waals surface area contributed by atoms with Gasteiger partial charge in [0, 0.05) is 12.5 Å². The smallest absolute Gasteiger partial charge is 0.129 e. The van der Waals surface area contributed by atoms with E-state index in [2.05, 4.69) is 23.8 Å². The number of fused-ring (bicyclic) bond motifs is 1. The highest BCUT2D eigenvalue weighted by atomic mass is 16.5. The lowest BCUT2D eigenvalue weighted by atomic mass is 10.1. The molecule has 0 bridgehead atoms. The number of aromatic amines is 1. The van der Waals surface area contributed by atoms with Crippen molar-refractivity contribution >= 4 is 11.0 Å². The van der Waals surface area contributed by atoms with Gasteiger partial charge in [-0.05, 0) is 30.2 Å². The van der Waals surface area contributed by atoms with E-state index in [4.69, 9.17) is 4.74 Å². The number of ether oxygens (including phenoxy) is 1. The van der Waals surface area contributed by atoms with Crippen molar-refractivity contribution in [1.29, 1.82) is 0 Å². The highest BCUT2D eigenvalue weighted by Gasteiger charge is 2.06. The third kappa shape index (κ3) is 2.82. The molecule has 0 saturated heterocycles. The van der Waals surface area contributed by atoms with Crippen molar-refractivity contribution in [1.82, 2.24) is 9.97 Å². The second-order valence-corrected chi connectivity index (χ2v) is 5.38. The number of H-pyrrole nitrogens is 1. The molecule has 2 aromatic carbocycles. The maximum atomic E-state index is 5.83. The summed E-state index contributed by atoms with van der Waals surface area (Å²) in [6.07, 6.45) is 0.962. The molecule has 1 aromatic heterocycles. The Morgan fingerprint density at radius 2 is 1.85 bits per heavy atom. The van der Waals surface area contributed by atoms with Crippen LogP contribution in [0, 0.1) is 5.92 Å². The lowest BCUT2D eigenvalue weighted by Crippen LogP contribution is -1.95. The minimum absolute atomic E-state index is 0.593. The second kappa shape index (κ2) is 5.37. The van der Waals surface area contributed by atoms with Gasteiger partial charge in [-0.2, -0.15) is 0 Å². The molecule has 3 heteroatoms. The molecular weight excluding hydrogens is 248 g/mol. The number of rotatable bonds is 4. The fraction of sp³-hybridized carbons (Fsp3) is 0.235. The molecule has 1 heterocycles. The number of benzene rings is 2. The van der Waals surface area contributed by atoms with E-state index < -0.39 is 0 Å². The quantitative estimate of drug-likeness (QED) is 0.752. The zero-order valence-corrected chi connectivity index (χ0v) is 11.8. The molecular formula is C17H18N2O. The summed E-state index contributed by atoms with van der Waals surface area (Å²) in [6, 6.07) is 15.7. The van der Waals surface area contributed by atoms with Crippen molar-refractivity contribution in [2.24, 2.45) is 5.92 Å². The zero-order chi connectivity index (χ0) is 13.9. The first-order valence-corrected chi connectivity index (χ1v) is 6.92. The number of imidazole rings is 1. The second-order valence-electron chi connectivity index (χ2n) is 5.38. The molecule has 3 nitrogen and oxygen atoms in total. The van der Waals surface area contributed by atoms with E-state index in [1.807, 2.05) is 48.5 Å². The fourth-order valence-electron chi connectivity index (χ4n) is 2.21. The van der Waals surface area contributed by atoms with E-state index in [-0.39, 0.29) is 0 Å². The molecule has 0 unspecified atom stereocenters. The average Bonchev–Trinajstić information content (AvgIpc) is 2.80. The molecule has 20 heavy (non-hydrogen) atoms. The first-order valence-electron chi connectivity index (χ1n) is 6.92. The summed E-state index contributed by atoms with van der Waals surface area (Å²) < 4.78 is 5.83. The maximum absolute atomic E-state index is 5.83. The standard InChI is InChI=1S/C17H18N2O/c1-12(2)10-17-18-15-9-8-14(11-16(15)19-17)20-13-6-4-3-5-7-13/h3-9,11-12H,10H2,1-2H3,(H,18,19).